The molecule has 0 fully saturated rings. The minimum absolute atomic E-state index is 0. The Balaban J connectivity index is 0.00000289. The Morgan fingerprint density at radius 3 is 2.56 bits per heavy atom. The lowest BCUT2D eigenvalue weighted by Gasteiger charge is -2.15. The van der Waals surface area contributed by atoms with Gasteiger partial charge in [-0.1, -0.05) is 62.0 Å². The van der Waals surface area contributed by atoms with Gasteiger partial charge in [-0.3, -0.25) is 9.59 Å². The highest BCUT2D eigenvalue weighted by molar-refractivity contribution is 8.01. The van der Waals surface area contributed by atoms with Crippen molar-refractivity contribution in [3.8, 4) is 0 Å². The second-order valence-corrected chi connectivity index (χ2v) is 9.95. The summed E-state index contributed by atoms with van der Waals surface area (Å²) in [4.78, 5) is 29.5. The number of thioether (sulfide) groups is 1. The molecule has 0 radical (unpaired) electrons. The Bertz CT molecular complexity index is 1270. The number of thiazole rings is 1. The number of rotatable bonds is 7. The number of halogens is 1. The van der Waals surface area contributed by atoms with Crippen molar-refractivity contribution in [2.45, 2.75) is 24.2 Å². The highest BCUT2D eigenvalue weighted by Crippen LogP contribution is 2.32. The first-order valence-electron chi connectivity index (χ1n) is 10.0. The number of ketones is 1. The number of carbonyl (C=O) groups excluding carboxylic acids is 2. The molecule has 1 amide bonds. The minimum atomic E-state index is -0.551. The van der Waals surface area contributed by atoms with Gasteiger partial charge in [0.1, 0.15) is 0 Å². The van der Waals surface area contributed by atoms with E-state index in [9.17, 15) is 9.59 Å². The fraction of sp³-hybridized carbons (Fsp3) is 0.208. The molecule has 1 heterocycles. The van der Waals surface area contributed by atoms with Gasteiger partial charge >= 0.3 is 0 Å². The van der Waals surface area contributed by atoms with Gasteiger partial charge in [0, 0.05) is 11.3 Å². The van der Waals surface area contributed by atoms with E-state index in [1.165, 1.54) is 23.1 Å². The third-order valence-electron chi connectivity index (χ3n) is 5.06. The third kappa shape index (κ3) is 5.48. The maximum absolute atomic E-state index is 12.7. The Labute approximate surface area is 201 Å². The number of fused-ring (bicyclic) bond motifs is 2. The first-order chi connectivity index (χ1) is 14.9. The predicted molar refractivity (Wildman–Crippen MR) is 137 cm³/mol. The minimum Gasteiger partial charge on any atom is -0.325 e. The van der Waals surface area contributed by atoms with E-state index in [-0.39, 0.29) is 30.0 Å². The van der Waals surface area contributed by atoms with Gasteiger partial charge < -0.3 is 11.1 Å². The van der Waals surface area contributed by atoms with Crippen molar-refractivity contribution in [2.24, 2.45) is 11.7 Å². The number of aromatic nitrogens is 1. The first kappa shape index (κ1) is 24.2. The fourth-order valence-corrected chi connectivity index (χ4v) is 5.15. The molecule has 0 aliphatic carbocycles. The molecule has 3 aromatic carbocycles. The van der Waals surface area contributed by atoms with Crippen molar-refractivity contribution in [2.75, 3.05) is 11.1 Å². The summed E-state index contributed by atoms with van der Waals surface area (Å²) in [6, 6.07) is 18.8. The van der Waals surface area contributed by atoms with Crippen LogP contribution in [0.5, 0.6) is 0 Å². The summed E-state index contributed by atoms with van der Waals surface area (Å²) >= 11 is 2.94. The quantitative estimate of drug-likeness (QED) is 0.256. The zero-order chi connectivity index (χ0) is 22.0. The molecule has 1 atom stereocenters. The molecule has 0 aliphatic rings. The maximum atomic E-state index is 12.7. The van der Waals surface area contributed by atoms with E-state index >= 15 is 0 Å². The number of carbonyl (C=O) groups is 2. The van der Waals surface area contributed by atoms with Gasteiger partial charge in [0.25, 0.3) is 0 Å². The average molecular weight is 486 g/mol. The normalized spacial score (nSPS) is 12.0. The number of nitrogens with zero attached hydrogens (tertiary/aromatic N) is 1. The number of hydrogen-bond acceptors (Lipinski definition) is 6. The lowest BCUT2D eigenvalue weighted by Crippen LogP contribution is -2.39. The second kappa shape index (κ2) is 10.4. The van der Waals surface area contributed by atoms with Crippen LogP contribution in [-0.4, -0.2) is 28.5 Å². The molecule has 0 spiro atoms. The van der Waals surface area contributed by atoms with Gasteiger partial charge in [0.2, 0.25) is 5.91 Å². The summed E-state index contributed by atoms with van der Waals surface area (Å²) in [5, 5.41) is 5.05. The summed E-state index contributed by atoms with van der Waals surface area (Å²) in [6.45, 7) is 3.83. The highest BCUT2D eigenvalue weighted by atomic mass is 35.5. The van der Waals surface area contributed by atoms with Crippen molar-refractivity contribution < 1.29 is 9.59 Å². The van der Waals surface area contributed by atoms with Crippen LogP contribution in [-0.2, 0) is 4.79 Å². The van der Waals surface area contributed by atoms with Crippen LogP contribution in [0.15, 0.2) is 65.0 Å². The lowest BCUT2D eigenvalue weighted by molar-refractivity contribution is -0.118. The van der Waals surface area contributed by atoms with Gasteiger partial charge in [0.15, 0.2) is 10.1 Å². The van der Waals surface area contributed by atoms with Crippen LogP contribution in [0.4, 0.5) is 5.69 Å². The summed E-state index contributed by atoms with van der Waals surface area (Å²) in [6.07, 6.45) is 0. The van der Waals surface area contributed by atoms with E-state index < -0.39 is 6.04 Å². The van der Waals surface area contributed by atoms with E-state index in [2.05, 4.69) is 10.3 Å². The van der Waals surface area contributed by atoms with Crippen molar-refractivity contribution in [3.63, 3.8) is 0 Å². The van der Waals surface area contributed by atoms with Crippen molar-refractivity contribution in [1.82, 2.24) is 4.98 Å². The Morgan fingerprint density at radius 1 is 1.06 bits per heavy atom. The first-order valence-corrected chi connectivity index (χ1v) is 11.8. The topological polar surface area (TPSA) is 85.1 Å². The summed E-state index contributed by atoms with van der Waals surface area (Å²) < 4.78 is 1.78. The number of amides is 1. The molecule has 5 nitrogen and oxygen atoms in total. The summed E-state index contributed by atoms with van der Waals surface area (Å²) in [5.41, 5.74) is 8.16. The lowest BCUT2D eigenvalue weighted by atomic mass is 10.1. The largest absolute Gasteiger partial charge is 0.325 e. The molecular weight excluding hydrogens is 462 g/mol. The van der Waals surface area contributed by atoms with Crippen molar-refractivity contribution in [1.29, 1.82) is 0 Å². The van der Waals surface area contributed by atoms with Crippen molar-refractivity contribution >= 4 is 73.9 Å². The average Bonchev–Trinajstić information content (AvgIpc) is 3.18. The van der Waals surface area contributed by atoms with Crippen LogP contribution in [0.2, 0.25) is 0 Å². The van der Waals surface area contributed by atoms with E-state index in [1.54, 1.807) is 0 Å². The molecule has 0 unspecified atom stereocenters. The number of hydrogen-bond donors (Lipinski definition) is 2. The fourth-order valence-electron chi connectivity index (χ4n) is 3.14. The SMILES string of the molecule is CC(C)[C@@H](N)C(=O)Nc1ccc2nc(SCC(=O)c3ccc4ccccc4c3)sc2c1.Cl. The molecule has 8 heteroatoms. The Kier molecular flexibility index (Phi) is 7.90. The van der Waals surface area contributed by atoms with Gasteiger partial charge in [-0.2, -0.15) is 0 Å². The molecule has 32 heavy (non-hydrogen) atoms. The maximum Gasteiger partial charge on any atom is 0.241 e. The molecular formula is C24H24ClN3O2S2. The molecule has 0 saturated carbocycles. The molecule has 0 bridgehead atoms. The van der Waals surface area contributed by atoms with Crippen LogP contribution in [0.3, 0.4) is 0 Å². The number of nitrogens with one attached hydrogen (secondary N) is 1. The van der Waals surface area contributed by atoms with Crippen LogP contribution in [0.25, 0.3) is 21.0 Å². The van der Waals surface area contributed by atoms with Gasteiger partial charge in [-0.15, -0.1) is 23.7 Å². The molecule has 1 aromatic heterocycles. The smallest absolute Gasteiger partial charge is 0.241 e. The highest BCUT2D eigenvalue weighted by Gasteiger charge is 2.17. The number of nitrogens with two attached hydrogens (primary N) is 1. The van der Waals surface area contributed by atoms with Crippen LogP contribution in [0.1, 0.15) is 24.2 Å². The van der Waals surface area contributed by atoms with Crippen LogP contribution < -0.4 is 11.1 Å². The standard InChI is InChI=1S/C24H23N3O2S2.ClH/c1-14(2)22(25)23(29)26-18-9-10-19-21(12-18)31-24(27-19)30-13-20(28)17-8-7-15-5-3-4-6-16(15)11-17;/h3-12,14,22H,13,25H2,1-2H3,(H,26,29);1H/t22-;/m1./s1. The van der Waals surface area contributed by atoms with Gasteiger partial charge in [-0.25, -0.2) is 4.98 Å². The summed E-state index contributed by atoms with van der Waals surface area (Å²) in [5.74, 6) is 0.265. The second-order valence-electron chi connectivity index (χ2n) is 7.70. The van der Waals surface area contributed by atoms with E-state index in [1.807, 2.05) is 74.5 Å². The third-order valence-corrected chi connectivity index (χ3v) is 7.22. The van der Waals surface area contributed by atoms with Crippen LogP contribution >= 0.6 is 35.5 Å². The summed E-state index contributed by atoms with van der Waals surface area (Å²) in [7, 11) is 0. The van der Waals surface area contributed by atoms with Gasteiger partial charge in [0.05, 0.1) is 22.0 Å². The Hall–Kier alpha value is -2.45. The van der Waals surface area contributed by atoms with E-state index in [0.29, 0.717) is 17.0 Å². The number of anilines is 1. The van der Waals surface area contributed by atoms with Gasteiger partial charge in [-0.05, 0) is 41.0 Å². The molecule has 166 valence electrons. The molecule has 0 saturated heterocycles. The molecule has 3 N–H and O–H groups in total. The van der Waals surface area contributed by atoms with Crippen LogP contribution in [0, 0.1) is 5.92 Å². The molecule has 0 aliphatic heterocycles. The zero-order valence-electron chi connectivity index (χ0n) is 17.7. The Morgan fingerprint density at radius 2 is 1.81 bits per heavy atom. The predicted octanol–water partition coefficient (Wildman–Crippen LogP) is 5.77. The van der Waals surface area contributed by atoms with E-state index in [0.717, 1.165) is 25.3 Å². The zero-order valence-corrected chi connectivity index (χ0v) is 20.2. The number of Topliss-reactive ketones (excluding diaryl/α,β-unsaturated/α-hetero) is 1. The molecule has 4 aromatic rings. The molecule has 4 rings (SSSR count). The number of benzene rings is 3. The van der Waals surface area contributed by atoms with Crippen molar-refractivity contribution in [3.05, 3.63) is 66.2 Å². The monoisotopic (exact) mass is 485 g/mol. The van der Waals surface area contributed by atoms with E-state index in [4.69, 9.17) is 5.73 Å².